The van der Waals surface area contributed by atoms with Crippen LogP contribution in [0.2, 0.25) is 0 Å². The first-order valence-electron chi connectivity index (χ1n) is 6.90. The first kappa shape index (κ1) is 14.5. The lowest BCUT2D eigenvalue weighted by Crippen LogP contribution is -2.24. The van der Waals surface area contributed by atoms with Crippen molar-refractivity contribution in [2.24, 2.45) is 0 Å². The van der Waals surface area contributed by atoms with Crippen LogP contribution >= 0.6 is 23.5 Å². The van der Waals surface area contributed by atoms with E-state index >= 15 is 0 Å². The molecule has 2 aromatic carbocycles. The zero-order valence-electron chi connectivity index (χ0n) is 11.5. The van der Waals surface area contributed by atoms with Gasteiger partial charge in [-0.25, -0.2) is 4.79 Å². The average Bonchev–Trinajstić information content (AvgIpc) is 2.56. The van der Waals surface area contributed by atoms with Crippen LogP contribution < -0.4 is 0 Å². The Morgan fingerprint density at radius 3 is 2.05 bits per heavy atom. The molecule has 21 heavy (non-hydrogen) atoms. The summed E-state index contributed by atoms with van der Waals surface area (Å²) in [5, 5.41) is 9.06. The monoisotopic (exact) mass is 316 g/mol. The van der Waals surface area contributed by atoms with E-state index in [2.05, 4.69) is 24.3 Å². The summed E-state index contributed by atoms with van der Waals surface area (Å²) in [4.78, 5) is 11.0. The summed E-state index contributed by atoms with van der Waals surface area (Å²) in [6.07, 6.45) is 1.22. The highest BCUT2D eigenvalue weighted by Crippen LogP contribution is 2.54. The van der Waals surface area contributed by atoms with Gasteiger partial charge in [-0.3, -0.25) is 0 Å². The molecule has 4 heteroatoms. The molecule has 0 aliphatic carbocycles. The first-order chi connectivity index (χ1) is 10.2. The standard InChI is InChI=1S/C17H16O2S2/c18-16(19)13-7-9-15(10-8-13)17(20-11-4-12-21-17)14-5-2-1-3-6-14/h1-3,5-10H,4,11-12H2,(H,18,19). The van der Waals surface area contributed by atoms with Crippen LogP contribution in [0.1, 0.15) is 27.9 Å². The van der Waals surface area contributed by atoms with Crippen LogP contribution in [0.15, 0.2) is 54.6 Å². The number of aromatic carboxylic acids is 1. The fourth-order valence-corrected chi connectivity index (χ4v) is 5.90. The summed E-state index contributed by atoms with van der Waals surface area (Å²) < 4.78 is -0.115. The highest BCUT2D eigenvalue weighted by atomic mass is 32.2. The van der Waals surface area contributed by atoms with Gasteiger partial charge in [-0.15, -0.1) is 23.5 Å². The maximum absolute atomic E-state index is 11.0. The molecule has 108 valence electrons. The summed E-state index contributed by atoms with van der Waals surface area (Å²) >= 11 is 3.89. The number of carbonyl (C=O) groups is 1. The highest BCUT2D eigenvalue weighted by Gasteiger charge is 2.37. The van der Waals surface area contributed by atoms with Crippen molar-refractivity contribution in [3.05, 3.63) is 71.3 Å². The van der Waals surface area contributed by atoms with E-state index in [1.807, 2.05) is 41.7 Å². The van der Waals surface area contributed by atoms with Crippen molar-refractivity contribution < 1.29 is 9.90 Å². The highest BCUT2D eigenvalue weighted by molar-refractivity contribution is 8.18. The molecular weight excluding hydrogens is 300 g/mol. The van der Waals surface area contributed by atoms with Gasteiger partial charge in [-0.2, -0.15) is 0 Å². The third-order valence-electron chi connectivity index (χ3n) is 3.57. The van der Waals surface area contributed by atoms with Gasteiger partial charge in [-0.1, -0.05) is 42.5 Å². The van der Waals surface area contributed by atoms with Gasteiger partial charge in [-0.05, 0) is 41.2 Å². The molecule has 0 bridgehead atoms. The van der Waals surface area contributed by atoms with Crippen LogP contribution in [0.5, 0.6) is 0 Å². The van der Waals surface area contributed by atoms with E-state index in [9.17, 15) is 4.79 Å². The Kier molecular flexibility index (Phi) is 4.27. The number of carboxylic acid groups (broad SMARTS) is 1. The Labute approximate surface area is 133 Å². The Morgan fingerprint density at radius 2 is 1.48 bits per heavy atom. The van der Waals surface area contributed by atoms with Crippen LogP contribution in [0, 0.1) is 0 Å². The first-order valence-corrected chi connectivity index (χ1v) is 8.87. The fourth-order valence-electron chi connectivity index (χ4n) is 2.52. The van der Waals surface area contributed by atoms with Crippen molar-refractivity contribution in [2.45, 2.75) is 10.5 Å². The quantitative estimate of drug-likeness (QED) is 0.907. The van der Waals surface area contributed by atoms with Gasteiger partial charge in [0.05, 0.1) is 5.56 Å². The van der Waals surface area contributed by atoms with E-state index in [0.717, 1.165) is 11.5 Å². The van der Waals surface area contributed by atoms with Gasteiger partial charge < -0.3 is 5.11 Å². The van der Waals surface area contributed by atoms with E-state index in [1.165, 1.54) is 17.5 Å². The van der Waals surface area contributed by atoms with Gasteiger partial charge >= 0.3 is 5.97 Å². The molecule has 3 rings (SSSR count). The average molecular weight is 316 g/mol. The number of carboxylic acids is 1. The summed E-state index contributed by atoms with van der Waals surface area (Å²) in [7, 11) is 0. The van der Waals surface area contributed by atoms with Crippen LogP contribution in [-0.4, -0.2) is 22.6 Å². The van der Waals surface area contributed by atoms with Crippen LogP contribution in [0.3, 0.4) is 0 Å². The third-order valence-corrected chi connectivity index (χ3v) is 7.01. The molecule has 2 nitrogen and oxygen atoms in total. The van der Waals surface area contributed by atoms with Crippen molar-refractivity contribution in [3.8, 4) is 0 Å². The Bertz CT molecular complexity index is 617. The molecule has 1 N–H and O–H groups in total. The number of thioether (sulfide) groups is 2. The van der Waals surface area contributed by atoms with Crippen LogP contribution in [0.25, 0.3) is 0 Å². The summed E-state index contributed by atoms with van der Waals surface area (Å²) in [5.74, 6) is 1.38. The number of hydrogen-bond donors (Lipinski definition) is 1. The van der Waals surface area contributed by atoms with Gasteiger partial charge in [0.25, 0.3) is 0 Å². The lowest BCUT2D eigenvalue weighted by Gasteiger charge is -2.37. The number of hydrogen-bond acceptors (Lipinski definition) is 3. The van der Waals surface area contributed by atoms with Crippen molar-refractivity contribution in [3.63, 3.8) is 0 Å². The van der Waals surface area contributed by atoms with Gasteiger partial charge in [0, 0.05) is 0 Å². The molecule has 0 radical (unpaired) electrons. The normalized spacial score (nSPS) is 17.3. The molecule has 1 saturated heterocycles. The molecular formula is C17H16O2S2. The second kappa shape index (κ2) is 6.16. The van der Waals surface area contributed by atoms with E-state index in [0.29, 0.717) is 5.56 Å². The minimum atomic E-state index is -0.876. The van der Waals surface area contributed by atoms with Crippen molar-refractivity contribution in [1.82, 2.24) is 0 Å². The van der Waals surface area contributed by atoms with Crippen LogP contribution in [0.4, 0.5) is 0 Å². The Balaban J connectivity index is 2.05. The minimum Gasteiger partial charge on any atom is -0.478 e. The molecule has 2 aromatic rings. The number of benzene rings is 2. The number of rotatable bonds is 3. The maximum atomic E-state index is 11.0. The molecule has 1 aliphatic rings. The lowest BCUT2D eigenvalue weighted by atomic mass is 10.0. The molecule has 0 saturated carbocycles. The molecule has 0 atom stereocenters. The molecule has 0 aromatic heterocycles. The second-order valence-electron chi connectivity index (χ2n) is 4.92. The van der Waals surface area contributed by atoms with E-state index in [4.69, 9.17) is 5.11 Å². The zero-order valence-corrected chi connectivity index (χ0v) is 13.1. The lowest BCUT2D eigenvalue weighted by molar-refractivity contribution is 0.0697. The Hall–Kier alpha value is -1.39. The molecule has 0 amide bonds. The van der Waals surface area contributed by atoms with Crippen molar-refractivity contribution in [1.29, 1.82) is 0 Å². The van der Waals surface area contributed by atoms with Gasteiger partial charge in [0.15, 0.2) is 0 Å². The second-order valence-corrected chi connectivity index (χ2v) is 7.79. The summed E-state index contributed by atoms with van der Waals surface area (Å²) in [6, 6.07) is 17.8. The topological polar surface area (TPSA) is 37.3 Å². The molecule has 1 heterocycles. The van der Waals surface area contributed by atoms with Crippen LogP contribution in [-0.2, 0) is 4.08 Å². The largest absolute Gasteiger partial charge is 0.478 e. The molecule has 0 spiro atoms. The maximum Gasteiger partial charge on any atom is 0.335 e. The predicted octanol–water partition coefficient (Wildman–Crippen LogP) is 4.46. The van der Waals surface area contributed by atoms with Crippen molar-refractivity contribution in [2.75, 3.05) is 11.5 Å². The molecule has 0 unspecified atom stereocenters. The Morgan fingerprint density at radius 1 is 0.905 bits per heavy atom. The fraction of sp³-hybridized carbons (Fsp3) is 0.235. The summed E-state index contributed by atoms with van der Waals surface area (Å²) in [6.45, 7) is 0. The van der Waals surface area contributed by atoms with Gasteiger partial charge in [0.2, 0.25) is 0 Å². The smallest absolute Gasteiger partial charge is 0.335 e. The third kappa shape index (κ3) is 2.83. The predicted molar refractivity (Wildman–Crippen MR) is 90.2 cm³/mol. The minimum absolute atomic E-state index is 0.115. The van der Waals surface area contributed by atoms with Gasteiger partial charge in [0.1, 0.15) is 4.08 Å². The molecule has 1 aliphatic heterocycles. The van der Waals surface area contributed by atoms with E-state index < -0.39 is 5.97 Å². The summed E-state index contributed by atoms with van der Waals surface area (Å²) in [5.41, 5.74) is 2.80. The van der Waals surface area contributed by atoms with E-state index in [1.54, 1.807) is 12.1 Å². The van der Waals surface area contributed by atoms with Crippen molar-refractivity contribution >= 4 is 29.5 Å². The van der Waals surface area contributed by atoms with E-state index in [-0.39, 0.29) is 4.08 Å². The zero-order chi connectivity index (χ0) is 14.7. The SMILES string of the molecule is O=C(O)c1ccc(C2(c3ccccc3)SCCCS2)cc1. The molecule has 1 fully saturated rings.